The molecule has 2 heterocycles. The van der Waals surface area contributed by atoms with Gasteiger partial charge in [0, 0.05) is 6.42 Å². The van der Waals surface area contributed by atoms with Gasteiger partial charge in [0.15, 0.2) is 12.6 Å². The summed E-state index contributed by atoms with van der Waals surface area (Å²) in [5.74, 6) is -0.196. The number of carbonyl (C=O) groups is 1. The molecule has 0 radical (unpaired) electrons. The van der Waals surface area contributed by atoms with Crippen molar-refractivity contribution in [2.24, 2.45) is 0 Å². The molecule has 12 atom stereocenters. The standard InChI is InChI=1S/C79H153NO13/c1-3-5-7-9-11-13-15-17-19-21-23-25-27-29-31-33-34-35-37-39-41-43-45-47-49-51-53-55-57-59-61-63-71(84)80-67(66-90-78-76(89)74(87)77(70(65-82)92-78)93-79-75(88)73(86)72(85)69(64-81)91-79)68(83)62-60-58-56-54-52-50-48-46-44-42-40-38-36-32-30-28-26-24-22-20-18-16-14-12-10-8-6-4-2/h21,23,67-70,72-79,81-83,85-89H,3-20,22,24-66H2,1-2H3,(H,80,84)/b23-21-. The molecular formula is C79H153NO13. The highest BCUT2D eigenvalue weighted by Gasteiger charge is 2.51. The van der Waals surface area contributed by atoms with Crippen molar-refractivity contribution in [3.05, 3.63) is 12.2 Å². The maximum atomic E-state index is 13.4. The van der Waals surface area contributed by atoms with Gasteiger partial charge in [-0.3, -0.25) is 4.79 Å². The zero-order chi connectivity index (χ0) is 67.3. The normalized spacial score (nSPS) is 22.5. The molecule has 1 amide bonds. The molecule has 2 fully saturated rings. The molecule has 0 aromatic rings. The van der Waals surface area contributed by atoms with Crippen LogP contribution in [0.2, 0.25) is 0 Å². The number of nitrogens with one attached hydrogen (secondary N) is 1. The van der Waals surface area contributed by atoms with Crippen molar-refractivity contribution in [3.63, 3.8) is 0 Å². The molecule has 0 aliphatic carbocycles. The number of unbranched alkanes of at least 4 members (excludes halogenated alkanes) is 54. The minimum absolute atomic E-state index is 0.196. The number of aliphatic hydroxyl groups is 8. The summed E-state index contributed by atoms with van der Waals surface area (Å²) in [4.78, 5) is 13.4. The van der Waals surface area contributed by atoms with Gasteiger partial charge < -0.3 is 65.1 Å². The van der Waals surface area contributed by atoms with Gasteiger partial charge in [0.05, 0.1) is 32.0 Å². The summed E-state index contributed by atoms with van der Waals surface area (Å²) in [5.41, 5.74) is 0. The number of hydrogen-bond donors (Lipinski definition) is 9. The third-order valence-electron chi connectivity index (χ3n) is 20.2. The van der Waals surface area contributed by atoms with E-state index in [-0.39, 0.29) is 12.5 Å². The first-order valence-electron chi connectivity index (χ1n) is 40.4. The van der Waals surface area contributed by atoms with E-state index in [1.165, 1.54) is 315 Å². The summed E-state index contributed by atoms with van der Waals surface area (Å²) >= 11 is 0. The lowest BCUT2D eigenvalue weighted by molar-refractivity contribution is -0.359. The Balaban J connectivity index is 1.60. The number of ether oxygens (including phenoxy) is 4. The largest absolute Gasteiger partial charge is 0.394 e. The third kappa shape index (κ3) is 47.4. The van der Waals surface area contributed by atoms with E-state index in [4.69, 9.17) is 18.9 Å². The molecule has 0 bridgehead atoms. The zero-order valence-corrected chi connectivity index (χ0v) is 60.5. The molecule has 14 heteroatoms. The van der Waals surface area contributed by atoms with Gasteiger partial charge in [-0.1, -0.05) is 360 Å². The molecule has 14 nitrogen and oxygen atoms in total. The fraction of sp³-hybridized carbons (Fsp3) is 0.962. The van der Waals surface area contributed by atoms with Gasteiger partial charge in [0.25, 0.3) is 0 Å². The monoisotopic (exact) mass is 1320 g/mol. The molecular weight excluding hydrogens is 1170 g/mol. The third-order valence-corrected chi connectivity index (χ3v) is 20.2. The minimum Gasteiger partial charge on any atom is -0.394 e. The molecule has 2 saturated heterocycles. The first-order chi connectivity index (χ1) is 45.6. The van der Waals surface area contributed by atoms with E-state index in [2.05, 4.69) is 31.3 Å². The smallest absolute Gasteiger partial charge is 0.220 e. The molecule has 0 aromatic carbocycles. The molecule has 2 rings (SSSR count). The van der Waals surface area contributed by atoms with Crippen LogP contribution in [-0.2, 0) is 23.7 Å². The number of allylic oxidation sites excluding steroid dienone is 2. The maximum absolute atomic E-state index is 13.4. The van der Waals surface area contributed by atoms with E-state index in [0.717, 1.165) is 51.4 Å². The van der Waals surface area contributed by atoms with E-state index in [9.17, 15) is 45.6 Å². The van der Waals surface area contributed by atoms with Crippen molar-refractivity contribution in [1.82, 2.24) is 5.32 Å². The van der Waals surface area contributed by atoms with Gasteiger partial charge in [-0.05, 0) is 38.5 Å². The highest BCUT2D eigenvalue weighted by Crippen LogP contribution is 2.30. The molecule has 0 spiro atoms. The van der Waals surface area contributed by atoms with Gasteiger partial charge in [0.1, 0.15) is 48.8 Å². The van der Waals surface area contributed by atoms with E-state index in [1.54, 1.807) is 0 Å². The fourth-order valence-electron chi connectivity index (χ4n) is 13.8. The lowest BCUT2D eigenvalue weighted by Crippen LogP contribution is -2.65. The molecule has 9 N–H and O–H groups in total. The van der Waals surface area contributed by atoms with Gasteiger partial charge >= 0.3 is 0 Å². The molecule has 0 saturated carbocycles. The van der Waals surface area contributed by atoms with Crippen LogP contribution in [0.25, 0.3) is 0 Å². The van der Waals surface area contributed by atoms with Crippen LogP contribution in [0.4, 0.5) is 0 Å². The van der Waals surface area contributed by atoms with Crippen LogP contribution in [0.1, 0.15) is 393 Å². The van der Waals surface area contributed by atoms with E-state index in [0.29, 0.717) is 12.8 Å². The van der Waals surface area contributed by atoms with Crippen molar-refractivity contribution in [3.8, 4) is 0 Å². The number of rotatable bonds is 69. The van der Waals surface area contributed by atoms with Gasteiger partial charge in [-0.25, -0.2) is 0 Å². The number of aliphatic hydroxyl groups excluding tert-OH is 8. The molecule has 2 aliphatic heterocycles. The summed E-state index contributed by atoms with van der Waals surface area (Å²) in [6.07, 6.45) is 64.0. The van der Waals surface area contributed by atoms with Crippen LogP contribution >= 0.6 is 0 Å². The summed E-state index contributed by atoms with van der Waals surface area (Å²) in [7, 11) is 0. The average molecular weight is 1330 g/mol. The Kier molecular flexibility index (Phi) is 60.6. The van der Waals surface area contributed by atoms with Crippen LogP contribution in [-0.4, -0.2) is 140 Å². The van der Waals surface area contributed by atoms with Crippen molar-refractivity contribution in [1.29, 1.82) is 0 Å². The van der Waals surface area contributed by atoms with Crippen LogP contribution < -0.4 is 5.32 Å². The Morgan fingerprint density at radius 2 is 0.677 bits per heavy atom. The van der Waals surface area contributed by atoms with Gasteiger partial charge in [-0.15, -0.1) is 0 Å². The van der Waals surface area contributed by atoms with E-state index < -0.39 is 86.8 Å². The van der Waals surface area contributed by atoms with Crippen molar-refractivity contribution in [2.45, 2.75) is 466 Å². The minimum atomic E-state index is -1.78. The molecule has 552 valence electrons. The van der Waals surface area contributed by atoms with Crippen LogP contribution in [0.15, 0.2) is 12.2 Å². The Morgan fingerprint density at radius 1 is 0.376 bits per heavy atom. The maximum Gasteiger partial charge on any atom is 0.220 e. The Labute approximate surface area is 571 Å². The van der Waals surface area contributed by atoms with Gasteiger partial charge in [-0.2, -0.15) is 0 Å². The van der Waals surface area contributed by atoms with E-state index in [1.807, 2.05) is 0 Å². The van der Waals surface area contributed by atoms with Crippen LogP contribution in [0, 0.1) is 0 Å². The number of carbonyl (C=O) groups excluding carboxylic acids is 1. The second kappa shape index (κ2) is 64.1. The quantitative estimate of drug-likeness (QED) is 0.0204. The first kappa shape index (κ1) is 87.8. The first-order valence-corrected chi connectivity index (χ1v) is 40.4. The predicted octanol–water partition coefficient (Wildman–Crippen LogP) is 18.1. The molecule has 0 aromatic heterocycles. The summed E-state index contributed by atoms with van der Waals surface area (Å²) in [6.45, 7) is 2.94. The SMILES string of the molecule is CCCCCCCCCC/C=C\CCCCCCCCCCCCCCCCCCCCCC(=O)NC(COC1OC(CO)C(OC2OC(CO)C(O)C(O)C2O)C(O)C1O)C(O)CCCCCCCCCCCCCCCCCCCCCCCCCCCCCC. The average Bonchev–Trinajstić information content (AvgIpc) is 0.851. The Morgan fingerprint density at radius 3 is 1.02 bits per heavy atom. The van der Waals surface area contributed by atoms with Crippen LogP contribution in [0.5, 0.6) is 0 Å². The Bertz CT molecular complexity index is 1610. The lowest BCUT2D eigenvalue weighted by atomic mass is 9.97. The topological polar surface area (TPSA) is 228 Å². The second-order valence-electron chi connectivity index (χ2n) is 28.9. The fourth-order valence-corrected chi connectivity index (χ4v) is 13.8. The van der Waals surface area contributed by atoms with Crippen molar-refractivity contribution < 1.29 is 64.6 Å². The Hall–Kier alpha value is -1.27. The van der Waals surface area contributed by atoms with Gasteiger partial charge in [0.2, 0.25) is 5.91 Å². The highest BCUT2D eigenvalue weighted by molar-refractivity contribution is 5.76. The van der Waals surface area contributed by atoms with Crippen molar-refractivity contribution in [2.75, 3.05) is 19.8 Å². The predicted molar refractivity (Wildman–Crippen MR) is 383 cm³/mol. The zero-order valence-electron chi connectivity index (χ0n) is 60.5. The van der Waals surface area contributed by atoms with E-state index >= 15 is 0 Å². The highest BCUT2D eigenvalue weighted by atomic mass is 16.7. The number of hydrogen-bond acceptors (Lipinski definition) is 13. The second-order valence-corrected chi connectivity index (χ2v) is 28.9. The summed E-state index contributed by atoms with van der Waals surface area (Å²) in [5, 5.41) is 87.9. The molecule has 12 unspecified atom stereocenters. The molecule has 93 heavy (non-hydrogen) atoms. The molecule has 2 aliphatic rings. The lowest BCUT2D eigenvalue weighted by Gasteiger charge is -2.46. The number of amides is 1. The van der Waals surface area contributed by atoms with Crippen LogP contribution in [0.3, 0.4) is 0 Å². The summed E-state index contributed by atoms with van der Waals surface area (Å²) < 4.78 is 23.0. The van der Waals surface area contributed by atoms with Crippen molar-refractivity contribution >= 4 is 5.91 Å². The summed E-state index contributed by atoms with van der Waals surface area (Å²) in [6, 6.07) is -0.827.